The molecule has 0 amide bonds. The minimum Gasteiger partial charge on any atom is -0.308 e. The summed E-state index contributed by atoms with van der Waals surface area (Å²) in [6.45, 7) is 4.66. The van der Waals surface area contributed by atoms with Gasteiger partial charge in [-0.3, -0.25) is 4.98 Å². The maximum atomic E-state index is 9.62. The van der Waals surface area contributed by atoms with Gasteiger partial charge in [-0.05, 0) is 59.7 Å². The molecule has 4 heterocycles. The first kappa shape index (κ1) is 25.1. The van der Waals surface area contributed by atoms with Crippen molar-refractivity contribution < 1.29 is 0 Å². The number of pyridine rings is 1. The second-order valence-electron chi connectivity index (χ2n) is 12.0. The smallest absolute Gasteiger partial charge is 0.0991 e. The molecule has 0 bridgehead atoms. The van der Waals surface area contributed by atoms with Gasteiger partial charge in [-0.2, -0.15) is 5.26 Å². The number of para-hydroxylation sites is 2. The fourth-order valence-electron chi connectivity index (χ4n) is 7.27. The molecule has 1 aliphatic rings. The summed E-state index contributed by atoms with van der Waals surface area (Å²) in [5.74, 6) is 0. The molecule has 0 radical (unpaired) electrons. The highest BCUT2D eigenvalue weighted by Gasteiger charge is 2.37. The second-order valence-corrected chi connectivity index (χ2v) is 13.0. The van der Waals surface area contributed by atoms with Crippen LogP contribution in [0.15, 0.2) is 122 Å². The molecule has 0 atom stereocenters. The van der Waals surface area contributed by atoms with E-state index in [2.05, 4.69) is 131 Å². The molecule has 0 N–H and O–H groups in total. The number of rotatable bonds is 2. The van der Waals surface area contributed by atoms with Crippen LogP contribution < -0.4 is 4.90 Å². The fourth-order valence-corrected chi connectivity index (χ4v) is 8.57. The summed E-state index contributed by atoms with van der Waals surface area (Å²) >= 11 is 1.85. The van der Waals surface area contributed by atoms with Crippen molar-refractivity contribution in [1.29, 1.82) is 5.26 Å². The van der Waals surface area contributed by atoms with Crippen molar-refractivity contribution in [2.75, 3.05) is 4.90 Å². The lowest BCUT2D eigenvalue weighted by atomic mass is 9.73. The van der Waals surface area contributed by atoms with Gasteiger partial charge in [0.05, 0.1) is 54.8 Å². The predicted octanol–water partition coefficient (Wildman–Crippen LogP) is 10.5. The maximum absolute atomic E-state index is 9.62. The third kappa shape index (κ3) is 3.29. The van der Waals surface area contributed by atoms with E-state index in [4.69, 9.17) is 0 Å². The number of fused-ring (bicyclic) bond motifs is 8. The summed E-state index contributed by atoms with van der Waals surface area (Å²) in [4.78, 5) is 6.89. The molecule has 0 unspecified atom stereocenters. The highest BCUT2D eigenvalue weighted by Crippen LogP contribution is 2.54. The zero-order valence-corrected chi connectivity index (χ0v) is 25.1. The van der Waals surface area contributed by atoms with E-state index in [-0.39, 0.29) is 5.41 Å². The highest BCUT2D eigenvalue weighted by atomic mass is 32.1. The Labute approximate surface area is 258 Å². The first-order valence-electron chi connectivity index (χ1n) is 14.8. The topological polar surface area (TPSA) is 44.9 Å². The second kappa shape index (κ2) is 9.03. The Balaban J connectivity index is 1.35. The zero-order valence-electron chi connectivity index (χ0n) is 24.2. The monoisotopic (exact) mass is 582 g/mol. The van der Waals surface area contributed by atoms with Gasteiger partial charge in [-0.25, -0.2) is 0 Å². The summed E-state index contributed by atoms with van der Waals surface area (Å²) in [6, 6.07) is 41.3. The quantitative estimate of drug-likeness (QED) is 0.204. The van der Waals surface area contributed by atoms with Crippen molar-refractivity contribution >= 4 is 70.4 Å². The molecule has 0 fully saturated rings. The van der Waals surface area contributed by atoms with Crippen molar-refractivity contribution in [2.24, 2.45) is 0 Å². The number of nitriles is 1. The molecule has 5 heteroatoms. The zero-order chi connectivity index (χ0) is 29.6. The van der Waals surface area contributed by atoms with E-state index in [1.54, 1.807) is 0 Å². The van der Waals surface area contributed by atoms with E-state index < -0.39 is 0 Å². The molecule has 208 valence electrons. The first-order valence-corrected chi connectivity index (χ1v) is 15.6. The van der Waals surface area contributed by atoms with Crippen molar-refractivity contribution in [3.63, 3.8) is 0 Å². The molecule has 1 aliphatic heterocycles. The molecule has 44 heavy (non-hydrogen) atoms. The minimum absolute atomic E-state index is 0.109. The average molecular weight is 583 g/mol. The summed E-state index contributed by atoms with van der Waals surface area (Å²) in [7, 11) is 0. The van der Waals surface area contributed by atoms with Gasteiger partial charge in [0.1, 0.15) is 0 Å². The molecule has 4 nitrogen and oxygen atoms in total. The van der Waals surface area contributed by atoms with E-state index >= 15 is 0 Å². The largest absolute Gasteiger partial charge is 0.308 e. The van der Waals surface area contributed by atoms with Crippen LogP contribution >= 0.6 is 11.3 Å². The standard InChI is InChI=1S/C39H26N4S/c1-39(2)29-11-3-5-13-33(29)43(34-14-6-4-12-30(34)39)36-16-8-10-26-25-9-7-15-35(37(25)44-38(26)36)42-31-18-17-24(22-40)21-27(31)28-23-41-20-19-32(28)42/h3-21,23H,1-2H3. The summed E-state index contributed by atoms with van der Waals surface area (Å²) < 4.78 is 4.82. The molecule has 0 aliphatic carbocycles. The van der Waals surface area contributed by atoms with E-state index in [9.17, 15) is 5.26 Å². The molecule has 5 aromatic carbocycles. The van der Waals surface area contributed by atoms with E-state index in [1.165, 1.54) is 48.4 Å². The van der Waals surface area contributed by atoms with Crippen LogP contribution in [0.2, 0.25) is 0 Å². The maximum Gasteiger partial charge on any atom is 0.0991 e. The van der Waals surface area contributed by atoms with Gasteiger partial charge in [0.15, 0.2) is 0 Å². The lowest BCUT2D eigenvalue weighted by molar-refractivity contribution is 0.632. The van der Waals surface area contributed by atoms with Crippen LogP contribution in [0.5, 0.6) is 0 Å². The Bertz CT molecular complexity index is 2460. The predicted molar refractivity (Wildman–Crippen MR) is 183 cm³/mol. The van der Waals surface area contributed by atoms with Crippen molar-refractivity contribution in [3.05, 3.63) is 138 Å². The van der Waals surface area contributed by atoms with Crippen LogP contribution in [-0.4, -0.2) is 9.55 Å². The number of benzene rings is 5. The van der Waals surface area contributed by atoms with Gasteiger partial charge in [-0.1, -0.05) is 74.5 Å². The number of nitrogens with zero attached hydrogens (tertiary/aromatic N) is 4. The molecule has 8 aromatic rings. The normalized spacial score (nSPS) is 13.8. The number of anilines is 3. The van der Waals surface area contributed by atoms with Gasteiger partial charge in [0, 0.05) is 39.4 Å². The Morgan fingerprint density at radius 3 is 1.95 bits per heavy atom. The van der Waals surface area contributed by atoms with Gasteiger partial charge in [-0.15, -0.1) is 11.3 Å². The number of aromatic nitrogens is 2. The molecular formula is C39H26N4S. The van der Waals surface area contributed by atoms with Crippen LogP contribution in [0.4, 0.5) is 17.1 Å². The lowest BCUT2D eigenvalue weighted by Gasteiger charge is -2.42. The number of thiophene rings is 1. The Kier molecular flexibility index (Phi) is 5.15. The molecule has 9 rings (SSSR count). The number of hydrogen-bond acceptors (Lipinski definition) is 4. The SMILES string of the molecule is CC1(C)c2ccccc2N(c2cccc3c2sc2c(-n4c5ccncc5c5cc(C#N)ccc54)cccc23)c2ccccc21. The summed E-state index contributed by atoms with van der Waals surface area (Å²) in [5, 5.41) is 14.2. The molecule has 3 aromatic heterocycles. The van der Waals surface area contributed by atoms with E-state index in [0.29, 0.717) is 5.56 Å². The molecule has 0 spiro atoms. The van der Waals surface area contributed by atoms with E-state index in [0.717, 1.165) is 27.5 Å². The molecular weight excluding hydrogens is 557 g/mol. The van der Waals surface area contributed by atoms with Crippen LogP contribution in [-0.2, 0) is 5.41 Å². The minimum atomic E-state index is -0.109. The van der Waals surface area contributed by atoms with Crippen LogP contribution in [0.25, 0.3) is 47.7 Å². The molecule has 0 saturated carbocycles. The Morgan fingerprint density at radius 2 is 1.25 bits per heavy atom. The third-order valence-electron chi connectivity index (χ3n) is 9.30. The average Bonchev–Trinajstić information content (AvgIpc) is 3.61. The Morgan fingerprint density at radius 1 is 0.636 bits per heavy atom. The third-order valence-corrected chi connectivity index (χ3v) is 10.6. The van der Waals surface area contributed by atoms with Gasteiger partial charge in [0.25, 0.3) is 0 Å². The van der Waals surface area contributed by atoms with Crippen LogP contribution in [0.1, 0.15) is 30.5 Å². The summed E-state index contributed by atoms with van der Waals surface area (Å²) in [6.07, 6.45) is 3.75. The van der Waals surface area contributed by atoms with E-state index in [1.807, 2.05) is 35.9 Å². The van der Waals surface area contributed by atoms with Gasteiger partial charge >= 0.3 is 0 Å². The van der Waals surface area contributed by atoms with Crippen LogP contribution in [0.3, 0.4) is 0 Å². The van der Waals surface area contributed by atoms with Gasteiger partial charge < -0.3 is 9.47 Å². The Hall–Kier alpha value is -5.44. The summed E-state index contributed by atoms with van der Waals surface area (Å²) in [5.41, 5.74) is 10.1. The first-order chi connectivity index (χ1) is 21.6. The molecule has 0 saturated heterocycles. The highest BCUT2D eigenvalue weighted by molar-refractivity contribution is 7.26. The van der Waals surface area contributed by atoms with Crippen molar-refractivity contribution in [3.8, 4) is 11.8 Å². The van der Waals surface area contributed by atoms with Crippen molar-refractivity contribution in [2.45, 2.75) is 19.3 Å². The number of hydrogen-bond donors (Lipinski definition) is 0. The van der Waals surface area contributed by atoms with Crippen molar-refractivity contribution in [1.82, 2.24) is 9.55 Å². The fraction of sp³-hybridized carbons (Fsp3) is 0.0769. The lowest BCUT2D eigenvalue weighted by Crippen LogP contribution is -2.30. The van der Waals surface area contributed by atoms with Crippen LogP contribution in [0, 0.1) is 11.3 Å². The van der Waals surface area contributed by atoms with Gasteiger partial charge in [0.2, 0.25) is 0 Å².